The average molecular weight is 344 g/mol. The Bertz CT molecular complexity index is 772. The lowest BCUT2D eigenvalue weighted by Gasteiger charge is -2.18. The summed E-state index contributed by atoms with van der Waals surface area (Å²) >= 11 is 0. The molecule has 1 aromatic carbocycles. The van der Waals surface area contributed by atoms with Crippen molar-refractivity contribution in [3.05, 3.63) is 30.3 Å². The van der Waals surface area contributed by atoms with Crippen molar-refractivity contribution in [2.24, 2.45) is 10.2 Å². The van der Waals surface area contributed by atoms with Gasteiger partial charge in [-0.1, -0.05) is 0 Å². The van der Waals surface area contributed by atoms with Crippen LogP contribution >= 0.6 is 0 Å². The molecule has 1 aromatic heterocycles. The van der Waals surface area contributed by atoms with Crippen molar-refractivity contribution in [3.63, 3.8) is 0 Å². The van der Waals surface area contributed by atoms with E-state index in [4.69, 9.17) is 16.2 Å². The molecule has 0 unspecified atom stereocenters. The van der Waals surface area contributed by atoms with Gasteiger partial charge in [0.05, 0.1) is 5.69 Å². The molecule has 1 heterocycles. The highest BCUT2D eigenvalue weighted by Gasteiger charge is 2.16. The van der Waals surface area contributed by atoms with Crippen LogP contribution in [0.15, 0.2) is 40.6 Å². The number of amides is 1. The summed E-state index contributed by atoms with van der Waals surface area (Å²) in [7, 11) is 0. The molecule has 0 bridgehead atoms. The lowest BCUT2D eigenvalue weighted by atomic mass is 10.3. The molecule has 0 fully saturated rings. The van der Waals surface area contributed by atoms with E-state index in [1.54, 1.807) is 12.1 Å². The zero-order valence-electron chi connectivity index (χ0n) is 14.0. The quantitative estimate of drug-likeness (QED) is 0.711. The fourth-order valence-electron chi connectivity index (χ4n) is 1.95. The number of aromatic nitrogens is 1. The molecular weight excluding hydrogens is 324 g/mol. The van der Waals surface area contributed by atoms with Gasteiger partial charge in [-0.25, -0.2) is 9.78 Å². The second kappa shape index (κ2) is 7.95. The third kappa shape index (κ3) is 4.56. The third-order valence-corrected chi connectivity index (χ3v) is 3.37. The van der Waals surface area contributed by atoms with Crippen LogP contribution in [0, 0.1) is 0 Å². The SMILES string of the molecule is CCN(CC)C(=O)Oc1cc(N=Nc2ccc(O)cc2)c(N)nc1N. The molecular formula is C16H20N6O3. The lowest BCUT2D eigenvalue weighted by molar-refractivity contribution is 0.157. The van der Waals surface area contributed by atoms with Gasteiger partial charge in [-0.05, 0) is 38.1 Å². The number of carbonyl (C=O) groups excluding carboxylic acids is 1. The lowest BCUT2D eigenvalue weighted by Crippen LogP contribution is -2.33. The number of rotatable bonds is 5. The van der Waals surface area contributed by atoms with Crippen molar-refractivity contribution in [3.8, 4) is 11.5 Å². The van der Waals surface area contributed by atoms with E-state index in [0.717, 1.165) is 0 Å². The number of ether oxygens (including phenoxy) is 1. The molecule has 132 valence electrons. The maximum Gasteiger partial charge on any atom is 0.415 e. The van der Waals surface area contributed by atoms with E-state index in [-0.39, 0.29) is 28.8 Å². The van der Waals surface area contributed by atoms with Crippen molar-refractivity contribution in [2.45, 2.75) is 13.8 Å². The topological polar surface area (TPSA) is 139 Å². The number of carbonyl (C=O) groups is 1. The standard InChI is InChI=1S/C16H20N6O3/c1-3-22(4-2)16(24)25-13-9-12(14(17)19-15(13)18)21-20-10-5-7-11(23)8-6-10/h5-9,23H,3-4H2,1-2H3,(H4,17,18,19). The number of hydrogen-bond acceptors (Lipinski definition) is 8. The molecule has 0 atom stereocenters. The number of hydrogen-bond donors (Lipinski definition) is 3. The molecule has 1 amide bonds. The minimum atomic E-state index is -0.537. The summed E-state index contributed by atoms with van der Waals surface area (Å²) in [5.74, 6) is 0.230. The molecule has 0 aliphatic heterocycles. The van der Waals surface area contributed by atoms with Crippen molar-refractivity contribution in [1.82, 2.24) is 9.88 Å². The predicted molar refractivity (Wildman–Crippen MR) is 94.3 cm³/mol. The Morgan fingerprint density at radius 3 is 2.40 bits per heavy atom. The molecule has 2 aromatic rings. The number of phenols is 1. The molecule has 0 radical (unpaired) electrons. The van der Waals surface area contributed by atoms with Gasteiger partial charge in [0.15, 0.2) is 17.4 Å². The Balaban J connectivity index is 2.24. The van der Waals surface area contributed by atoms with E-state index in [9.17, 15) is 9.90 Å². The van der Waals surface area contributed by atoms with Crippen molar-refractivity contribution < 1.29 is 14.6 Å². The van der Waals surface area contributed by atoms with Crippen molar-refractivity contribution in [2.75, 3.05) is 24.6 Å². The maximum atomic E-state index is 12.0. The molecule has 0 aliphatic carbocycles. The van der Waals surface area contributed by atoms with Crippen LogP contribution in [0.5, 0.6) is 11.5 Å². The number of nitrogens with two attached hydrogens (primary N) is 2. The van der Waals surface area contributed by atoms with E-state index >= 15 is 0 Å². The Kier molecular flexibility index (Phi) is 5.72. The van der Waals surface area contributed by atoms with E-state index in [2.05, 4.69) is 15.2 Å². The second-order valence-electron chi connectivity index (χ2n) is 5.03. The monoisotopic (exact) mass is 344 g/mol. The van der Waals surface area contributed by atoms with Gasteiger partial charge in [-0.3, -0.25) is 0 Å². The molecule has 0 saturated heterocycles. The van der Waals surface area contributed by atoms with Crippen LogP contribution in [0.1, 0.15) is 13.8 Å². The number of anilines is 2. The van der Waals surface area contributed by atoms with Crippen molar-refractivity contribution >= 4 is 29.1 Å². The van der Waals surface area contributed by atoms with Crippen LogP contribution in [0.25, 0.3) is 0 Å². The van der Waals surface area contributed by atoms with Crippen LogP contribution in [0.4, 0.5) is 27.8 Å². The number of aromatic hydroxyl groups is 1. The number of azo groups is 1. The van der Waals surface area contributed by atoms with Crippen LogP contribution in [-0.4, -0.2) is 34.2 Å². The molecule has 9 heteroatoms. The Morgan fingerprint density at radius 1 is 1.16 bits per heavy atom. The summed E-state index contributed by atoms with van der Waals surface area (Å²) in [6.45, 7) is 4.69. The minimum absolute atomic E-state index is 0.0124. The average Bonchev–Trinajstić information content (AvgIpc) is 2.59. The predicted octanol–water partition coefficient (Wildman–Crippen LogP) is 3.21. The highest BCUT2D eigenvalue weighted by atomic mass is 16.6. The highest BCUT2D eigenvalue weighted by Crippen LogP contribution is 2.32. The molecule has 5 N–H and O–H groups in total. The first-order valence-corrected chi connectivity index (χ1v) is 7.68. The van der Waals surface area contributed by atoms with Gasteiger partial charge in [-0.15, -0.1) is 5.11 Å². The number of nitrogens with zero attached hydrogens (tertiary/aromatic N) is 4. The zero-order valence-corrected chi connectivity index (χ0v) is 14.0. The highest BCUT2D eigenvalue weighted by molar-refractivity contribution is 5.75. The number of phenolic OH excluding ortho intramolecular Hbond substituents is 1. The molecule has 2 rings (SSSR count). The first-order chi connectivity index (χ1) is 11.9. The summed E-state index contributed by atoms with van der Waals surface area (Å²) in [6, 6.07) is 7.54. The molecule has 0 saturated carbocycles. The summed E-state index contributed by atoms with van der Waals surface area (Å²) in [5, 5.41) is 17.2. The fourth-order valence-corrected chi connectivity index (χ4v) is 1.95. The number of nitrogen functional groups attached to an aromatic ring is 2. The minimum Gasteiger partial charge on any atom is -0.508 e. The van der Waals surface area contributed by atoms with E-state index < -0.39 is 6.09 Å². The Morgan fingerprint density at radius 2 is 1.80 bits per heavy atom. The first-order valence-electron chi connectivity index (χ1n) is 7.68. The summed E-state index contributed by atoms with van der Waals surface area (Å²) in [4.78, 5) is 17.5. The Labute approximate surface area is 144 Å². The fraction of sp³-hybridized carbons (Fsp3) is 0.250. The van der Waals surface area contributed by atoms with Crippen LogP contribution in [0.2, 0.25) is 0 Å². The van der Waals surface area contributed by atoms with Crippen LogP contribution < -0.4 is 16.2 Å². The van der Waals surface area contributed by atoms with Crippen LogP contribution in [0.3, 0.4) is 0 Å². The van der Waals surface area contributed by atoms with Gasteiger partial charge in [-0.2, -0.15) is 5.11 Å². The summed E-state index contributed by atoms with van der Waals surface area (Å²) in [5.41, 5.74) is 12.3. The van der Waals surface area contributed by atoms with E-state index in [0.29, 0.717) is 18.8 Å². The zero-order chi connectivity index (χ0) is 18.4. The second-order valence-corrected chi connectivity index (χ2v) is 5.03. The summed E-state index contributed by atoms with van der Waals surface area (Å²) in [6.07, 6.45) is -0.537. The largest absolute Gasteiger partial charge is 0.508 e. The van der Waals surface area contributed by atoms with Gasteiger partial charge in [0.25, 0.3) is 0 Å². The van der Waals surface area contributed by atoms with E-state index in [1.165, 1.54) is 23.1 Å². The van der Waals surface area contributed by atoms with Gasteiger partial charge < -0.3 is 26.2 Å². The smallest absolute Gasteiger partial charge is 0.415 e. The van der Waals surface area contributed by atoms with Gasteiger partial charge >= 0.3 is 6.09 Å². The molecule has 25 heavy (non-hydrogen) atoms. The maximum absolute atomic E-state index is 12.0. The van der Waals surface area contributed by atoms with Gasteiger partial charge in [0.1, 0.15) is 11.4 Å². The van der Waals surface area contributed by atoms with Crippen molar-refractivity contribution in [1.29, 1.82) is 0 Å². The number of pyridine rings is 1. The molecule has 0 aliphatic rings. The normalized spacial score (nSPS) is 10.8. The van der Waals surface area contributed by atoms with Gasteiger partial charge in [0, 0.05) is 19.2 Å². The number of benzene rings is 1. The van der Waals surface area contributed by atoms with Gasteiger partial charge in [0.2, 0.25) is 0 Å². The summed E-state index contributed by atoms with van der Waals surface area (Å²) < 4.78 is 5.26. The first kappa shape index (κ1) is 18.0. The van der Waals surface area contributed by atoms with Crippen LogP contribution in [-0.2, 0) is 0 Å². The Hall–Kier alpha value is -3.36. The van der Waals surface area contributed by atoms with E-state index in [1.807, 2.05) is 13.8 Å². The third-order valence-electron chi connectivity index (χ3n) is 3.37. The molecule has 9 nitrogen and oxygen atoms in total. The molecule has 0 spiro atoms.